The number of carbonyl (C=O) groups excluding carboxylic acids is 2. The zero-order valence-electron chi connectivity index (χ0n) is 14.9. The van der Waals surface area contributed by atoms with E-state index in [0.717, 1.165) is 38.0 Å². The zero-order chi connectivity index (χ0) is 18.7. The number of hydrogen-bond donors (Lipinski definition) is 1. The molecule has 0 bridgehead atoms. The van der Waals surface area contributed by atoms with E-state index in [9.17, 15) is 9.59 Å². The van der Waals surface area contributed by atoms with Crippen LogP contribution in [0.1, 0.15) is 25.3 Å². The van der Waals surface area contributed by atoms with Crippen LogP contribution in [0.2, 0.25) is 5.02 Å². The molecule has 142 valence electrons. The quantitative estimate of drug-likeness (QED) is 0.814. The van der Waals surface area contributed by atoms with Gasteiger partial charge in [0.05, 0.1) is 11.6 Å². The van der Waals surface area contributed by atoms with E-state index >= 15 is 0 Å². The average Bonchev–Trinajstić information content (AvgIpc) is 2.92. The van der Waals surface area contributed by atoms with Crippen LogP contribution in [0.5, 0.6) is 5.75 Å². The molecular weight excluding hydrogens is 358 g/mol. The molecule has 0 radical (unpaired) electrons. The van der Waals surface area contributed by atoms with Crippen LogP contribution in [0.3, 0.4) is 0 Å². The number of halogens is 1. The van der Waals surface area contributed by atoms with E-state index in [0.29, 0.717) is 23.9 Å². The summed E-state index contributed by atoms with van der Waals surface area (Å²) in [7, 11) is 0. The van der Waals surface area contributed by atoms with Gasteiger partial charge in [-0.25, -0.2) is 4.79 Å². The number of nitrogens with zero attached hydrogens (tertiary/aromatic N) is 2. The number of carbonyl (C=O) groups is 2. The molecule has 2 aliphatic heterocycles. The number of hydrogen-bond acceptors (Lipinski definition) is 5. The molecule has 0 saturated carbocycles. The molecule has 8 heteroatoms. The molecule has 26 heavy (non-hydrogen) atoms. The first-order valence-corrected chi connectivity index (χ1v) is 9.18. The van der Waals surface area contributed by atoms with Crippen LogP contribution in [0.25, 0.3) is 0 Å². The van der Waals surface area contributed by atoms with Crippen molar-refractivity contribution in [2.24, 2.45) is 5.73 Å². The second-order valence-corrected chi connectivity index (χ2v) is 7.27. The number of likely N-dealkylation sites (tertiary alicyclic amines) is 1. The molecule has 0 unspecified atom stereocenters. The third kappa shape index (κ3) is 4.22. The molecule has 0 atom stereocenters. The Hall–Kier alpha value is -1.99. The lowest BCUT2D eigenvalue weighted by Crippen LogP contribution is -2.46. The first-order chi connectivity index (χ1) is 12.4. The summed E-state index contributed by atoms with van der Waals surface area (Å²) in [6, 6.07) is 5.53. The SMILES string of the molecule is CCN1CC2(CCN(Cc3ccc(OCC(N)=O)c(Cl)c3)CC2)OC1=O. The molecule has 2 saturated heterocycles. The summed E-state index contributed by atoms with van der Waals surface area (Å²) >= 11 is 6.22. The normalized spacial score (nSPS) is 19.6. The van der Waals surface area contributed by atoms with Crippen molar-refractivity contribution in [1.29, 1.82) is 0 Å². The Balaban J connectivity index is 1.54. The molecule has 1 aromatic carbocycles. The van der Waals surface area contributed by atoms with E-state index in [1.807, 2.05) is 19.1 Å². The van der Waals surface area contributed by atoms with Crippen molar-refractivity contribution >= 4 is 23.6 Å². The molecule has 2 amide bonds. The number of benzene rings is 1. The van der Waals surface area contributed by atoms with Crippen molar-refractivity contribution in [3.63, 3.8) is 0 Å². The van der Waals surface area contributed by atoms with Crippen LogP contribution >= 0.6 is 11.6 Å². The number of primary amides is 1. The smallest absolute Gasteiger partial charge is 0.410 e. The van der Waals surface area contributed by atoms with Gasteiger partial charge in [-0.15, -0.1) is 0 Å². The second-order valence-electron chi connectivity index (χ2n) is 6.86. The fourth-order valence-corrected chi connectivity index (χ4v) is 3.74. The highest BCUT2D eigenvalue weighted by molar-refractivity contribution is 6.32. The Kier molecular flexibility index (Phi) is 5.58. The third-order valence-corrected chi connectivity index (χ3v) is 5.26. The topological polar surface area (TPSA) is 85.1 Å². The Morgan fingerprint density at radius 1 is 1.38 bits per heavy atom. The van der Waals surface area contributed by atoms with Gasteiger partial charge in [0.1, 0.15) is 11.4 Å². The minimum absolute atomic E-state index is 0.194. The number of ether oxygens (including phenoxy) is 2. The van der Waals surface area contributed by atoms with Gasteiger partial charge in [-0.1, -0.05) is 17.7 Å². The van der Waals surface area contributed by atoms with Crippen LogP contribution in [-0.2, 0) is 16.1 Å². The lowest BCUT2D eigenvalue weighted by atomic mass is 9.91. The van der Waals surface area contributed by atoms with Crippen molar-refractivity contribution < 1.29 is 19.1 Å². The van der Waals surface area contributed by atoms with E-state index in [4.69, 9.17) is 26.8 Å². The van der Waals surface area contributed by atoms with E-state index in [1.165, 1.54) is 0 Å². The molecule has 2 aliphatic rings. The highest BCUT2D eigenvalue weighted by atomic mass is 35.5. The predicted octanol–water partition coefficient (Wildman–Crippen LogP) is 2.01. The van der Waals surface area contributed by atoms with E-state index in [2.05, 4.69) is 4.90 Å². The van der Waals surface area contributed by atoms with Gasteiger partial charge >= 0.3 is 6.09 Å². The first kappa shape index (κ1) is 18.8. The van der Waals surface area contributed by atoms with Crippen molar-refractivity contribution in [1.82, 2.24) is 9.80 Å². The maximum atomic E-state index is 11.9. The van der Waals surface area contributed by atoms with Crippen LogP contribution in [0.4, 0.5) is 4.79 Å². The third-order valence-electron chi connectivity index (χ3n) is 4.96. The van der Waals surface area contributed by atoms with Gasteiger partial charge in [0, 0.05) is 39.0 Å². The molecule has 2 N–H and O–H groups in total. The lowest BCUT2D eigenvalue weighted by Gasteiger charge is -2.37. The summed E-state index contributed by atoms with van der Waals surface area (Å²) in [5, 5.41) is 0.459. The van der Waals surface area contributed by atoms with Gasteiger partial charge in [-0.3, -0.25) is 9.69 Å². The summed E-state index contributed by atoms with van der Waals surface area (Å²) in [4.78, 5) is 26.7. The highest BCUT2D eigenvalue weighted by Gasteiger charge is 2.46. The summed E-state index contributed by atoms with van der Waals surface area (Å²) in [5.41, 5.74) is 5.81. The molecule has 7 nitrogen and oxygen atoms in total. The minimum Gasteiger partial charge on any atom is -0.482 e. The van der Waals surface area contributed by atoms with Crippen molar-refractivity contribution in [2.75, 3.05) is 32.8 Å². The maximum absolute atomic E-state index is 11.9. The molecule has 1 aromatic rings. The standard InChI is InChI=1S/C18H24ClN3O4/c1-2-22-12-18(26-17(22)24)5-7-21(8-6-18)10-13-3-4-15(14(19)9-13)25-11-16(20)23/h3-4,9H,2,5-8,10-12H2,1H3,(H2,20,23). The summed E-state index contributed by atoms with van der Waals surface area (Å²) in [5.74, 6) is -0.0917. The molecule has 2 heterocycles. The number of nitrogens with two attached hydrogens (primary N) is 1. The van der Waals surface area contributed by atoms with Crippen LogP contribution in [0.15, 0.2) is 18.2 Å². The summed E-state index contributed by atoms with van der Waals surface area (Å²) in [6.07, 6.45) is 1.48. The Labute approximate surface area is 158 Å². The fraction of sp³-hybridized carbons (Fsp3) is 0.556. The van der Waals surface area contributed by atoms with E-state index in [-0.39, 0.29) is 18.3 Å². The molecule has 1 spiro atoms. The van der Waals surface area contributed by atoms with Crippen LogP contribution in [0, 0.1) is 0 Å². The summed E-state index contributed by atoms with van der Waals surface area (Å²) < 4.78 is 10.9. The zero-order valence-corrected chi connectivity index (χ0v) is 15.6. The van der Waals surface area contributed by atoms with Gasteiger partial charge in [-0.05, 0) is 24.6 Å². The highest BCUT2D eigenvalue weighted by Crippen LogP contribution is 2.34. The monoisotopic (exact) mass is 381 g/mol. The second kappa shape index (κ2) is 7.72. The first-order valence-electron chi connectivity index (χ1n) is 8.80. The number of piperidine rings is 1. The molecule has 2 fully saturated rings. The number of amides is 2. The number of likely N-dealkylation sites (N-methyl/N-ethyl adjacent to an activating group) is 1. The minimum atomic E-state index is -0.540. The van der Waals surface area contributed by atoms with E-state index in [1.54, 1.807) is 11.0 Å². The Morgan fingerprint density at radius 3 is 2.69 bits per heavy atom. The maximum Gasteiger partial charge on any atom is 0.410 e. The number of rotatable bonds is 6. The van der Waals surface area contributed by atoms with Crippen LogP contribution in [-0.4, -0.2) is 60.2 Å². The van der Waals surface area contributed by atoms with Crippen LogP contribution < -0.4 is 10.5 Å². The van der Waals surface area contributed by atoms with Crippen molar-refractivity contribution in [2.45, 2.75) is 31.9 Å². The lowest BCUT2D eigenvalue weighted by molar-refractivity contribution is -0.119. The molecule has 0 aliphatic carbocycles. The predicted molar refractivity (Wildman–Crippen MR) is 97.1 cm³/mol. The average molecular weight is 382 g/mol. The molecule has 0 aromatic heterocycles. The largest absolute Gasteiger partial charge is 0.482 e. The molecule has 3 rings (SSSR count). The Bertz CT molecular complexity index is 689. The van der Waals surface area contributed by atoms with Gasteiger partial charge in [0.15, 0.2) is 6.61 Å². The van der Waals surface area contributed by atoms with Gasteiger partial charge in [0.2, 0.25) is 0 Å². The molecular formula is C18H24ClN3O4. The fourth-order valence-electron chi connectivity index (χ4n) is 3.48. The van der Waals surface area contributed by atoms with Gasteiger partial charge in [-0.2, -0.15) is 0 Å². The summed E-state index contributed by atoms with van der Waals surface area (Å²) in [6.45, 7) is 5.64. The van der Waals surface area contributed by atoms with Crippen molar-refractivity contribution in [3.8, 4) is 5.75 Å². The van der Waals surface area contributed by atoms with Gasteiger partial charge < -0.3 is 20.1 Å². The Morgan fingerprint density at radius 2 is 2.12 bits per heavy atom. The van der Waals surface area contributed by atoms with Crippen molar-refractivity contribution in [3.05, 3.63) is 28.8 Å². The van der Waals surface area contributed by atoms with E-state index < -0.39 is 5.91 Å². The van der Waals surface area contributed by atoms with Gasteiger partial charge in [0.25, 0.3) is 5.91 Å².